The number of hydrogen-bond acceptors (Lipinski definition) is 22. The van der Waals surface area contributed by atoms with Crippen LogP contribution in [0, 0.1) is 11.8 Å². The summed E-state index contributed by atoms with van der Waals surface area (Å²) in [6.07, 6.45) is -6.18. The van der Waals surface area contributed by atoms with Crippen LogP contribution in [0.4, 0.5) is 0 Å². The Kier molecular flexibility index (Phi) is 42.8. The van der Waals surface area contributed by atoms with Crippen molar-refractivity contribution in [3.05, 3.63) is 108 Å². The molecule has 0 spiro atoms. The molecular weight excluding hydrogens is 1530 g/mol. The Bertz CT molecular complexity index is 3970. The van der Waals surface area contributed by atoms with Crippen molar-refractivity contribution in [1.82, 2.24) is 69.1 Å². The predicted octanol–water partition coefficient (Wildman–Crippen LogP) is -7.46. The molecule has 0 unspecified atom stereocenters. The number of carbonyl (C=O) groups excluding carboxylic acids is 18. The highest BCUT2D eigenvalue weighted by Crippen LogP contribution is 2.15. The van der Waals surface area contributed by atoms with Crippen LogP contribution in [0.2, 0.25) is 0 Å². The van der Waals surface area contributed by atoms with Crippen molar-refractivity contribution in [1.29, 1.82) is 0 Å². The van der Waals surface area contributed by atoms with Gasteiger partial charge in [0.1, 0.15) is 66.5 Å². The predicted molar refractivity (Wildman–Crippen MR) is 416 cm³/mol. The molecule has 0 aromatic heterocycles. The lowest BCUT2D eigenvalue weighted by Gasteiger charge is -2.28. The molecule has 0 aliphatic heterocycles. The van der Waals surface area contributed by atoms with Crippen molar-refractivity contribution in [2.75, 3.05) is 19.6 Å². The van der Waals surface area contributed by atoms with E-state index in [9.17, 15) is 101 Å². The molecule has 18 amide bonds. The van der Waals surface area contributed by atoms with Gasteiger partial charge >= 0.3 is 11.9 Å². The summed E-state index contributed by atoms with van der Waals surface area (Å²) >= 11 is 0. The molecule has 0 radical (unpaired) electrons. The lowest BCUT2D eigenvalue weighted by atomic mass is 9.99. The monoisotopic (exact) mass is 1640 g/mol. The SMILES string of the molecule is CC(C)C[C@H](N)C(=O)N[C@@H](Cc1ccccc1)C(=O)N[C@@H](Cc1ccccc1)C(=O)N[C@@H](CCC(N)=O)C(=O)N[C@@H](CC(N)=O)C(=O)NCC(=O)N[C@@H](CCCCN)C(=O)N[C@H](C(=O)N[C@@H](Cc1ccccc1)C(=O)N[C@@H](CCC(N)=O)C(=O)NCC(=O)N[C@@H](CC(N)=O)C(=O)N[C@@H](CCC(N)=O)C(=O)N[C@@H](CC(=O)O)C(=O)O)C(C)C. The number of hydrogen-bond donors (Lipinski definition) is 22. The second-order valence-electron chi connectivity index (χ2n) is 28.3. The largest absolute Gasteiger partial charge is 0.481 e. The summed E-state index contributed by atoms with van der Waals surface area (Å²) in [5, 5.41) is 49.4. The first kappa shape index (κ1) is 98.2. The first-order valence-electron chi connectivity index (χ1n) is 37.5. The van der Waals surface area contributed by atoms with E-state index in [0.717, 1.165) is 0 Å². The van der Waals surface area contributed by atoms with Crippen LogP contribution in [0.5, 0.6) is 0 Å². The summed E-state index contributed by atoms with van der Waals surface area (Å²) in [6, 6.07) is 5.48. The molecule has 0 heterocycles. The van der Waals surface area contributed by atoms with E-state index in [1.807, 2.05) is 19.2 Å². The highest BCUT2D eigenvalue weighted by Gasteiger charge is 2.38. The van der Waals surface area contributed by atoms with E-state index < -0.39 is 268 Å². The van der Waals surface area contributed by atoms with E-state index in [-0.39, 0.29) is 51.0 Å². The Hall–Kier alpha value is -13.0. The van der Waals surface area contributed by atoms with Gasteiger partial charge < -0.3 is 119 Å². The Morgan fingerprint density at radius 1 is 0.333 bits per heavy atom. The number of amides is 18. The van der Waals surface area contributed by atoms with Crippen LogP contribution in [0.1, 0.15) is 128 Å². The Balaban J connectivity index is 1.87. The highest BCUT2D eigenvalue weighted by molar-refractivity contribution is 6.01. The standard InChI is InChI=1S/C75H108N20O22/c1-39(2)30-44(77)64(105)90-49(31-41-16-8-5-9-17-41)72(113)91-50(32-42-18-10-6-11-19-42)70(111)88-47(24-27-56(79)97)67(108)92-52(34-58(81)99)66(107)84-37-60(101)85-45(22-14-15-29-76)69(110)95-63(40(3)4)74(115)93-51(33-43-20-12-7-13-21-43)71(112)87-46(23-26-55(78)96)65(106)83-38-61(102)86-53(35-59(82)100)73(114)89-48(25-28-57(80)98)68(109)94-54(75(116)117)36-62(103)104/h5-13,16-21,39-40,44-54,63H,14-15,22-38,76-77H2,1-4H3,(H2,78,96)(H2,79,97)(H2,80,98)(H2,81,99)(H2,82,100)(H,83,106)(H,84,107)(H,85,101)(H,86,102)(H,87,112)(H,88,111)(H,89,114)(H,90,105)(H,91,113)(H,92,108)(H,93,115)(H,94,109)(H,95,110)(H,103,104)(H,116,117)/t44-,45-,46-,47-,48-,49-,50-,51-,52-,53-,54-,63-/m0/s1. The second kappa shape index (κ2) is 51.0. The molecule has 0 aliphatic rings. The summed E-state index contributed by atoms with van der Waals surface area (Å²) in [7, 11) is 0. The van der Waals surface area contributed by atoms with Gasteiger partial charge in [0.05, 0.1) is 38.4 Å². The Morgan fingerprint density at radius 3 is 1.00 bits per heavy atom. The number of benzene rings is 3. The van der Waals surface area contributed by atoms with Gasteiger partial charge in [0.15, 0.2) is 0 Å². The highest BCUT2D eigenvalue weighted by atomic mass is 16.4. The molecule has 0 fully saturated rings. The van der Waals surface area contributed by atoms with Crippen molar-refractivity contribution in [2.24, 2.45) is 52.0 Å². The number of unbranched alkanes of at least 4 members (excludes halogenated alkanes) is 1. The van der Waals surface area contributed by atoms with Crippen molar-refractivity contribution in [3.8, 4) is 0 Å². The number of carboxylic acid groups (broad SMARTS) is 2. The average Bonchev–Trinajstić information content (AvgIpc) is 0.857. The average molecular weight is 1640 g/mol. The fourth-order valence-corrected chi connectivity index (χ4v) is 11.5. The van der Waals surface area contributed by atoms with Gasteiger partial charge in [-0.15, -0.1) is 0 Å². The van der Waals surface area contributed by atoms with Crippen molar-refractivity contribution >= 4 is 118 Å². The zero-order chi connectivity index (χ0) is 87.6. The molecule has 3 aromatic rings. The lowest BCUT2D eigenvalue weighted by Crippen LogP contribution is -2.60. The van der Waals surface area contributed by atoms with Crippen LogP contribution in [-0.2, 0) is 115 Å². The normalized spacial score (nSPS) is 14.0. The number of carboxylic acids is 2. The van der Waals surface area contributed by atoms with Crippen molar-refractivity contribution in [2.45, 2.75) is 203 Å². The number of carbonyl (C=O) groups is 20. The first-order chi connectivity index (χ1) is 55.2. The van der Waals surface area contributed by atoms with Crippen LogP contribution in [0.25, 0.3) is 0 Å². The van der Waals surface area contributed by atoms with Gasteiger partial charge in [0.25, 0.3) is 0 Å². The maximum absolute atomic E-state index is 14.5. The smallest absolute Gasteiger partial charge is 0.326 e. The molecule has 0 bridgehead atoms. The fourth-order valence-electron chi connectivity index (χ4n) is 11.5. The Labute approximate surface area is 673 Å². The van der Waals surface area contributed by atoms with E-state index in [0.29, 0.717) is 23.1 Å². The molecule has 29 N–H and O–H groups in total. The van der Waals surface area contributed by atoms with Gasteiger partial charge in [-0.05, 0) is 80.0 Å². The molecule has 42 heteroatoms. The van der Waals surface area contributed by atoms with E-state index in [1.54, 1.807) is 91.0 Å². The molecular formula is C75H108N20O22. The van der Waals surface area contributed by atoms with Crippen molar-refractivity contribution < 1.29 is 106 Å². The summed E-state index contributed by atoms with van der Waals surface area (Å²) < 4.78 is 0. The third-order valence-corrected chi connectivity index (χ3v) is 17.5. The zero-order valence-electron chi connectivity index (χ0n) is 65.3. The number of primary amides is 5. The van der Waals surface area contributed by atoms with E-state index in [1.165, 1.54) is 13.8 Å². The minimum atomic E-state index is -2.03. The van der Waals surface area contributed by atoms with E-state index >= 15 is 0 Å². The number of rotatable bonds is 55. The third-order valence-electron chi connectivity index (χ3n) is 17.5. The first-order valence-corrected chi connectivity index (χ1v) is 37.5. The van der Waals surface area contributed by atoms with E-state index in [4.69, 9.17) is 45.2 Å². The third kappa shape index (κ3) is 38.6. The molecule has 42 nitrogen and oxygen atoms in total. The van der Waals surface area contributed by atoms with Crippen LogP contribution in [0.15, 0.2) is 91.0 Å². The van der Waals surface area contributed by atoms with Crippen molar-refractivity contribution in [3.63, 3.8) is 0 Å². The van der Waals surface area contributed by atoms with Crippen LogP contribution in [0.3, 0.4) is 0 Å². The minimum absolute atomic E-state index is 0.0157. The molecule has 117 heavy (non-hydrogen) atoms. The maximum atomic E-state index is 14.5. The minimum Gasteiger partial charge on any atom is -0.481 e. The summed E-state index contributed by atoms with van der Waals surface area (Å²) in [5.41, 5.74) is 40.5. The summed E-state index contributed by atoms with van der Waals surface area (Å²) in [5.74, 6) is -23.4. The Morgan fingerprint density at radius 2 is 0.641 bits per heavy atom. The molecule has 0 saturated carbocycles. The molecule has 3 rings (SSSR count). The van der Waals surface area contributed by atoms with Gasteiger partial charge in [-0.3, -0.25) is 91.1 Å². The van der Waals surface area contributed by atoms with Gasteiger partial charge in [0, 0.05) is 38.5 Å². The molecule has 640 valence electrons. The quantitative estimate of drug-likeness (QED) is 0.0233. The lowest BCUT2D eigenvalue weighted by molar-refractivity contribution is -0.147. The van der Waals surface area contributed by atoms with Crippen LogP contribution in [-0.4, -0.2) is 221 Å². The zero-order valence-corrected chi connectivity index (χ0v) is 65.3. The number of nitrogens with one attached hydrogen (secondary N) is 13. The summed E-state index contributed by atoms with van der Waals surface area (Å²) in [4.78, 5) is 265. The van der Waals surface area contributed by atoms with Gasteiger partial charge in [0.2, 0.25) is 106 Å². The molecule has 0 aliphatic carbocycles. The molecule has 12 atom stereocenters. The van der Waals surface area contributed by atoms with Gasteiger partial charge in [-0.1, -0.05) is 119 Å². The summed E-state index contributed by atoms with van der Waals surface area (Å²) in [6.45, 7) is 4.90. The van der Waals surface area contributed by atoms with Crippen LogP contribution < -0.4 is 109 Å². The fraction of sp³-hybridized carbons (Fsp3) is 0.493. The topological polar surface area (TPSA) is 720 Å². The van der Waals surface area contributed by atoms with Crippen LogP contribution >= 0.6 is 0 Å². The molecule has 0 saturated heterocycles. The van der Waals surface area contributed by atoms with Gasteiger partial charge in [-0.2, -0.15) is 0 Å². The number of nitrogens with two attached hydrogens (primary N) is 7. The molecule has 3 aromatic carbocycles. The van der Waals surface area contributed by atoms with Gasteiger partial charge in [-0.25, -0.2) is 4.79 Å². The van der Waals surface area contributed by atoms with E-state index in [2.05, 4.69) is 63.8 Å². The number of aliphatic carboxylic acids is 2. The second-order valence-corrected chi connectivity index (χ2v) is 28.3. The maximum Gasteiger partial charge on any atom is 0.326 e.